The fourth-order valence-electron chi connectivity index (χ4n) is 1.76. The number of nitrogens with one attached hydrogen (secondary N) is 1. The van der Waals surface area contributed by atoms with Crippen molar-refractivity contribution in [2.75, 3.05) is 12.4 Å². The van der Waals surface area contributed by atoms with Gasteiger partial charge in [-0.1, -0.05) is 49.4 Å². The zero-order chi connectivity index (χ0) is 13.1. The molecule has 0 aliphatic rings. The predicted octanol–water partition coefficient (Wildman–Crippen LogP) is 4.66. The van der Waals surface area contributed by atoms with Gasteiger partial charge in [0.25, 0.3) is 0 Å². The van der Waals surface area contributed by atoms with Crippen LogP contribution >= 0.6 is 27.3 Å². The molecule has 0 bridgehead atoms. The quantitative estimate of drug-likeness (QED) is 0.884. The van der Waals surface area contributed by atoms with E-state index in [1.807, 2.05) is 7.05 Å². The molecule has 0 atom stereocenters. The standard InChI is InChI=1S/C14H17BrN2S/c1-9(2)11-6-4-10(5-7-11)8-12-13(15)18-14(16-3)17-12/h4-7,9H,8H2,1-3H3,(H,16,17). The third kappa shape index (κ3) is 3.12. The molecule has 96 valence electrons. The predicted molar refractivity (Wildman–Crippen MR) is 82.7 cm³/mol. The van der Waals surface area contributed by atoms with E-state index in [9.17, 15) is 0 Å². The normalized spacial score (nSPS) is 10.9. The second-order valence-corrected chi connectivity index (χ2v) is 6.88. The largest absolute Gasteiger partial charge is 0.365 e. The molecule has 1 N–H and O–H groups in total. The van der Waals surface area contributed by atoms with Gasteiger partial charge in [-0.2, -0.15) is 0 Å². The molecule has 2 nitrogen and oxygen atoms in total. The van der Waals surface area contributed by atoms with Crippen LogP contribution in [0.15, 0.2) is 28.1 Å². The third-order valence-electron chi connectivity index (χ3n) is 2.88. The van der Waals surface area contributed by atoms with Gasteiger partial charge in [-0.3, -0.25) is 0 Å². The van der Waals surface area contributed by atoms with Crippen molar-refractivity contribution in [1.82, 2.24) is 4.98 Å². The van der Waals surface area contributed by atoms with Crippen LogP contribution in [0.3, 0.4) is 0 Å². The first-order valence-corrected chi connectivity index (χ1v) is 7.63. The molecule has 0 unspecified atom stereocenters. The molecule has 0 amide bonds. The lowest BCUT2D eigenvalue weighted by Crippen LogP contribution is -1.93. The number of hydrogen-bond donors (Lipinski definition) is 1. The van der Waals surface area contributed by atoms with E-state index >= 15 is 0 Å². The van der Waals surface area contributed by atoms with Gasteiger partial charge in [-0.05, 0) is 33.0 Å². The van der Waals surface area contributed by atoms with Gasteiger partial charge < -0.3 is 5.32 Å². The summed E-state index contributed by atoms with van der Waals surface area (Å²) in [7, 11) is 1.90. The summed E-state index contributed by atoms with van der Waals surface area (Å²) >= 11 is 5.21. The van der Waals surface area contributed by atoms with Gasteiger partial charge in [0, 0.05) is 13.5 Å². The van der Waals surface area contributed by atoms with Crippen LogP contribution in [0.25, 0.3) is 0 Å². The van der Waals surface area contributed by atoms with Crippen LogP contribution in [0.1, 0.15) is 36.6 Å². The molecule has 0 spiro atoms. The van der Waals surface area contributed by atoms with Gasteiger partial charge in [-0.25, -0.2) is 4.98 Å². The van der Waals surface area contributed by atoms with E-state index in [-0.39, 0.29) is 0 Å². The Morgan fingerprint density at radius 1 is 1.28 bits per heavy atom. The van der Waals surface area contributed by atoms with Crippen molar-refractivity contribution >= 4 is 32.4 Å². The molecule has 0 aliphatic heterocycles. The number of benzene rings is 1. The molecule has 0 aliphatic carbocycles. The van der Waals surface area contributed by atoms with Gasteiger partial charge in [0.2, 0.25) is 0 Å². The molecular weight excluding hydrogens is 308 g/mol. The first kappa shape index (κ1) is 13.6. The number of hydrogen-bond acceptors (Lipinski definition) is 3. The number of rotatable bonds is 4. The van der Waals surface area contributed by atoms with Gasteiger partial charge in [0.1, 0.15) is 0 Å². The maximum atomic E-state index is 4.54. The van der Waals surface area contributed by atoms with Crippen molar-refractivity contribution in [3.8, 4) is 0 Å². The van der Waals surface area contributed by atoms with E-state index in [1.54, 1.807) is 11.3 Å². The highest BCUT2D eigenvalue weighted by molar-refractivity contribution is 9.11. The summed E-state index contributed by atoms with van der Waals surface area (Å²) in [6.07, 6.45) is 0.872. The Labute approximate surface area is 121 Å². The van der Waals surface area contributed by atoms with Crippen LogP contribution in [-0.2, 0) is 6.42 Å². The Morgan fingerprint density at radius 2 is 1.94 bits per heavy atom. The van der Waals surface area contributed by atoms with Crippen molar-refractivity contribution in [3.05, 3.63) is 44.9 Å². The summed E-state index contributed by atoms with van der Waals surface area (Å²) in [5, 5.41) is 4.03. The molecule has 18 heavy (non-hydrogen) atoms. The average Bonchev–Trinajstić information content (AvgIpc) is 2.71. The van der Waals surface area contributed by atoms with Crippen molar-refractivity contribution in [3.63, 3.8) is 0 Å². The van der Waals surface area contributed by atoms with E-state index in [0.717, 1.165) is 21.0 Å². The molecule has 1 heterocycles. The topological polar surface area (TPSA) is 24.9 Å². The van der Waals surface area contributed by atoms with Crippen LogP contribution < -0.4 is 5.32 Å². The van der Waals surface area contributed by atoms with Crippen LogP contribution in [-0.4, -0.2) is 12.0 Å². The van der Waals surface area contributed by atoms with Crippen molar-refractivity contribution in [2.24, 2.45) is 0 Å². The molecule has 2 aromatic rings. The van der Waals surface area contributed by atoms with E-state index in [0.29, 0.717) is 5.92 Å². The van der Waals surface area contributed by atoms with E-state index in [1.165, 1.54) is 11.1 Å². The zero-order valence-electron chi connectivity index (χ0n) is 10.8. The first-order chi connectivity index (χ1) is 8.60. The van der Waals surface area contributed by atoms with E-state index < -0.39 is 0 Å². The Hall–Kier alpha value is -0.870. The second-order valence-electron chi connectivity index (χ2n) is 4.56. The first-order valence-electron chi connectivity index (χ1n) is 6.02. The van der Waals surface area contributed by atoms with Gasteiger partial charge in [-0.15, -0.1) is 0 Å². The number of nitrogens with zero attached hydrogens (tertiary/aromatic N) is 1. The Kier molecular flexibility index (Phi) is 4.40. The number of halogens is 1. The van der Waals surface area contributed by atoms with Gasteiger partial charge in [0.05, 0.1) is 9.48 Å². The lowest BCUT2D eigenvalue weighted by molar-refractivity contribution is 0.865. The van der Waals surface area contributed by atoms with Gasteiger partial charge >= 0.3 is 0 Å². The summed E-state index contributed by atoms with van der Waals surface area (Å²) in [6, 6.07) is 8.80. The lowest BCUT2D eigenvalue weighted by atomic mass is 10.0. The van der Waals surface area contributed by atoms with Crippen LogP contribution in [0.4, 0.5) is 5.13 Å². The SMILES string of the molecule is CNc1nc(Cc2ccc(C(C)C)cc2)c(Br)s1. The minimum atomic E-state index is 0.584. The molecule has 0 saturated heterocycles. The smallest absolute Gasteiger partial charge is 0.183 e. The Morgan fingerprint density at radius 3 is 2.44 bits per heavy atom. The van der Waals surface area contributed by atoms with Crippen molar-refractivity contribution in [1.29, 1.82) is 0 Å². The Bertz CT molecular complexity index is 517. The minimum Gasteiger partial charge on any atom is -0.365 e. The fourth-order valence-corrected chi connectivity index (χ4v) is 3.11. The molecule has 0 fully saturated rings. The average molecular weight is 325 g/mol. The van der Waals surface area contributed by atoms with Gasteiger partial charge in [0.15, 0.2) is 5.13 Å². The number of aromatic nitrogens is 1. The maximum absolute atomic E-state index is 4.54. The zero-order valence-corrected chi connectivity index (χ0v) is 13.2. The summed E-state index contributed by atoms with van der Waals surface area (Å²) in [5.74, 6) is 0.584. The minimum absolute atomic E-state index is 0.584. The number of anilines is 1. The van der Waals surface area contributed by atoms with Crippen LogP contribution in [0.5, 0.6) is 0 Å². The highest BCUT2D eigenvalue weighted by atomic mass is 79.9. The van der Waals surface area contributed by atoms with Crippen molar-refractivity contribution < 1.29 is 0 Å². The lowest BCUT2D eigenvalue weighted by Gasteiger charge is -2.06. The summed E-state index contributed by atoms with van der Waals surface area (Å²) < 4.78 is 1.11. The monoisotopic (exact) mass is 324 g/mol. The molecule has 2 rings (SSSR count). The summed E-state index contributed by atoms with van der Waals surface area (Å²) in [6.45, 7) is 4.43. The number of thiazole rings is 1. The molecule has 1 aromatic carbocycles. The molecule has 0 radical (unpaired) electrons. The molecule has 0 saturated carbocycles. The summed E-state index contributed by atoms with van der Waals surface area (Å²) in [4.78, 5) is 4.54. The molecule has 4 heteroatoms. The highest BCUT2D eigenvalue weighted by Gasteiger charge is 2.09. The van der Waals surface area contributed by atoms with Crippen LogP contribution in [0.2, 0.25) is 0 Å². The molecule has 1 aromatic heterocycles. The third-order valence-corrected chi connectivity index (χ3v) is 4.73. The second kappa shape index (κ2) is 5.85. The van der Waals surface area contributed by atoms with E-state index in [4.69, 9.17) is 0 Å². The summed E-state index contributed by atoms with van der Waals surface area (Å²) in [5.41, 5.74) is 3.78. The molecular formula is C14H17BrN2S. The van der Waals surface area contributed by atoms with Crippen molar-refractivity contribution in [2.45, 2.75) is 26.2 Å². The highest BCUT2D eigenvalue weighted by Crippen LogP contribution is 2.29. The maximum Gasteiger partial charge on any atom is 0.183 e. The van der Waals surface area contributed by atoms with Crippen LogP contribution in [0, 0.1) is 0 Å². The Balaban J connectivity index is 2.15. The fraction of sp³-hybridized carbons (Fsp3) is 0.357. The van der Waals surface area contributed by atoms with E-state index in [2.05, 4.69) is 64.3 Å².